The van der Waals surface area contributed by atoms with Crippen molar-refractivity contribution in [1.82, 2.24) is 0 Å². The highest BCUT2D eigenvalue weighted by Crippen LogP contribution is 2.17. The zero-order valence-corrected chi connectivity index (χ0v) is 9.13. The van der Waals surface area contributed by atoms with E-state index in [1.165, 1.54) is 5.56 Å². The first-order valence-corrected chi connectivity index (χ1v) is 4.89. The van der Waals surface area contributed by atoms with Gasteiger partial charge in [-0.15, -0.1) is 0 Å². The molecule has 1 aromatic rings. The molecule has 0 aliphatic carbocycles. The van der Waals surface area contributed by atoms with Crippen LogP contribution in [0.2, 0.25) is 0 Å². The van der Waals surface area contributed by atoms with Gasteiger partial charge in [0.25, 0.3) is 0 Å². The zero-order chi connectivity index (χ0) is 10.6. The molecule has 14 heavy (non-hydrogen) atoms. The van der Waals surface area contributed by atoms with Gasteiger partial charge in [-0.2, -0.15) is 0 Å². The van der Waals surface area contributed by atoms with Crippen LogP contribution in [0.1, 0.15) is 25.0 Å². The first-order valence-electron chi connectivity index (χ1n) is 4.89. The zero-order valence-electron chi connectivity index (χ0n) is 9.13. The summed E-state index contributed by atoms with van der Waals surface area (Å²) in [7, 11) is 0. The minimum atomic E-state index is 0.548. The van der Waals surface area contributed by atoms with E-state index in [1.807, 2.05) is 25.1 Å². The Morgan fingerprint density at radius 2 is 2.07 bits per heavy atom. The lowest BCUT2D eigenvalue weighted by Crippen LogP contribution is -2.04. The molecule has 1 nitrogen and oxygen atoms in total. The molecule has 0 fully saturated rings. The molecule has 0 spiro atoms. The summed E-state index contributed by atoms with van der Waals surface area (Å²) in [6, 6.07) is 6.03. The molecule has 1 aromatic carbocycles. The molecule has 75 valence electrons. The molecule has 0 amide bonds. The fourth-order valence-corrected chi connectivity index (χ4v) is 1.20. The SMILES string of the molecule is C=[C]c1cc(C)cc(OCC(C)C)c1. The van der Waals surface area contributed by atoms with Gasteiger partial charge in [-0.25, -0.2) is 0 Å². The number of hydrogen-bond donors (Lipinski definition) is 0. The third-order valence-electron chi connectivity index (χ3n) is 1.84. The van der Waals surface area contributed by atoms with Gasteiger partial charge in [0.15, 0.2) is 0 Å². The van der Waals surface area contributed by atoms with Gasteiger partial charge in [0.05, 0.1) is 6.61 Å². The Kier molecular flexibility index (Phi) is 3.75. The second kappa shape index (κ2) is 4.85. The van der Waals surface area contributed by atoms with E-state index in [0.717, 1.165) is 17.9 Å². The molecule has 0 unspecified atom stereocenters. The molecular weight excluding hydrogens is 172 g/mol. The molecule has 0 saturated heterocycles. The first kappa shape index (κ1) is 10.8. The van der Waals surface area contributed by atoms with Crippen LogP contribution in [0.3, 0.4) is 0 Å². The molecule has 0 atom stereocenters. The Morgan fingerprint density at radius 1 is 1.36 bits per heavy atom. The van der Waals surface area contributed by atoms with E-state index in [0.29, 0.717) is 5.92 Å². The van der Waals surface area contributed by atoms with Gasteiger partial charge >= 0.3 is 0 Å². The molecule has 1 radical (unpaired) electrons. The Morgan fingerprint density at radius 3 is 2.64 bits per heavy atom. The molecule has 0 saturated carbocycles. The Balaban J connectivity index is 2.76. The van der Waals surface area contributed by atoms with Crippen molar-refractivity contribution in [2.24, 2.45) is 5.92 Å². The summed E-state index contributed by atoms with van der Waals surface area (Å²) in [5, 5.41) is 0. The van der Waals surface area contributed by atoms with E-state index in [4.69, 9.17) is 4.74 Å². The van der Waals surface area contributed by atoms with Crippen LogP contribution in [-0.2, 0) is 0 Å². The maximum atomic E-state index is 5.62. The maximum Gasteiger partial charge on any atom is 0.120 e. The Hall–Kier alpha value is -1.24. The van der Waals surface area contributed by atoms with E-state index in [2.05, 4.69) is 26.5 Å². The summed E-state index contributed by atoms with van der Waals surface area (Å²) in [5.41, 5.74) is 2.17. The van der Waals surface area contributed by atoms with Crippen LogP contribution < -0.4 is 4.74 Å². The topological polar surface area (TPSA) is 9.23 Å². The summed E-state index contributed by atoms with van der Waals surface area (Å²) >= 11 is 0. The van der Waals surface area contributed by atoms with Gasteiger partial charge < -0.3 is 4.74 Å². The van der Waals surface area contributed by atoms with Crippen LogP contribution in [0.5, 0.6) is 5.75 Å². The molecular formula is C13H17O. The van der Waals surface area contributed by atoms with Gasteiger partial charge in [0, 0.05) is 0 Å². The van der Waals surface area contributed by atoms with Crippen molar-refractivity contribution in [2.75, 3.05) is 6.61 Å². The summed E-state index contributed by atoms with van der Waals surface area (Å²) < 4.78 is 5.62. The van der Waals surface area contributed by atoms with Crippen molar-refractivity contribution in [3.8, 4) is 5.75 Å². The number of ether oxygens (including phenoxy) is 1. The summed E-state index contributed by atoms with van der Waals surface area (Å²) in [6.45, 7) is 10.7. The Labute approximate surface area is 86.4 Å². The number of hydrogen-bond acceptors (Lipinski definition) is 1. The number of rotatable bonds is 4. The van der Waals surface area contributed by atoms with E-state index in [9.17, 15) is 0 Å². The maximum absolute atomic E-state index is 5.62. The Bertz CT molecular complexity index is 313. The predicted octanol–water partition coefficient (Wildman–Crippen LogP) is 3.37. The van der Waals surface area contributed by atoms with Gasteiger partial charge in [0.1, 0.15) is 5.75 Å². The highest BCUT2D eigenvalue weighted by molar-refractivity contribution is 5.36. The normalized spacial score (nSPS) is 10.3. The van der Waals surface area contributed by atoms with Crippen molar-refractivity contribution in [1.29, 1.82) is 0 Å². The average molecular weight is 189 g/mol. The summed E-state index contributed by atoms with van der Waals surface area (Å²) in [4.78, 5) is 0. The average Bonchev–Trinajstić information content (AvgIpc) is 2.14. The van der Waals surface area contributed by atoms with Crippen molar-refractivity contribution in [2.45, 2.75) is 20.8 Å². The number of aryl methyl sites for hydroxylation is 1. The highest BCUT2D eigenvalue weighted by Gasteiger charge is 1.99. The van der Waals surface area contributed by atoms with E-state index in [-0.39, 0.29) is 0 Å². The lowest BCUT2D eigenvalue weighted by molar-refractivity contribution is 0.271. The second-order valence-electron chi connectivity index (χ2n) is 3.92. The van der Waals surface area contributed by atoms with E-state index < -0.39 is 0 Å². The predicted molar refractivity (Wildman–Crippen MR) is 59.5 cm³/mol. The van der Waals surface area contributed by atoms with Crippen LogP contribution >= 0.6 is 0 Å². The van der Waals surface area contributed by atoms with Crippen molar-refractivity contribution in [3.05, 3.63) is 42.0 Å². The third-order valence-corrected chi connectivity index (χ3v) is 1.84. The van der Waals surface area contributed by atoms with E-state index in [1.54, 1.807) is 0 Å². The van der Waals surface area contributed by atoms with Crippen LogP contribution in [-0.4, -0.2) is 6.61 Å². The molecule has 1 rings (SSSR count). The molecule has 0 aliphatic heterocycles. The van der Waals surface area contributed by atoms with Crippen LogP contribution in [0.15, 0.2) is 24.8 Å². The van der Waals surface area contributed by atoms with Gasteiger partial charge in [-0.1, -0.05) is 26.5 Å². The van der Waals surface area contributed by atoms with Crippen molar-refractivity contribution < 1.29 is 4.74 Å². The minimum absolute atomic E-state index is 0.548. The largest absolute Gasteiger partial charge is 0.493 e. The number of benzene rings is 1. The molecule has 0 aromatic heterocycles. The first-order chi connectivity index (χ1) is 6.61. The molecule has 1 heteroatoms. The second-order valence-corrected chi connectivity index (χ2v) is 3.92. The van der Waals surface area contributed by atoms with Crippen LogP contribution in [0.4, 0.5) is 0 Å². The van der Waals surface area contributed by atoms with Crippen LogP contribution in [0, 0.1) is 18.9 Å². The van der Waals surface area contributed by atoms with Crippen molar-refractivity contribution >= 4 is 0 Å². The quantitative estimate of drug-likeness (QED) is 0.705. The summed E-state index contributed by atoms with van der Waals surface area (Å²) in [6.07, 6.45) is 2.87. The van der Waals surface area contributed by atoms with Crippen LogP contribution in [0.25, 0.3) is 0 Å². The standard InChI is InChI=1S/C13H17O/c1-5-12-6-11(4)7-13(8-12)14-9-10(2)3/h6-8,10H,1,9H2,2-4H3. The molecule has 0 aliphatic rings. The smallest absolute Gasteiger partial charge is 0.120 e. The minimum Gasteiger partial charge on any atom is -0.493 e. The van der Waals surface area contributed by atoms with E-state index >= 15 is 0 Å². The highest BCUT2D eigenvalue weighted by atomic mass is 16.5. The monoisotopic (exact) mass is 189 g/mol. The molecule has 0 bridgehead atoms. The fourth-order valence-electron chi connectivity index (χ4n) is 1.20. The lowest BCUT2D eigenvalue weighted by Gasteiger charge is -2.09. The van der Waals surface area contributed by atoms with Gasteiger partial charge in [-0.3, -0.25) is 0 Å². The van der Waals surface area contributed by atoms with Crippen molar-refractivity contribution in [3.63, 3.8) is 0 Å². The molecule has 0 N–H and O–H groups in total. The summed E-state index contributed by atoms with van der Waals surface area (Å²) in [5.74, 6) is 1.46. The van der Waals surface area contributed by atoms with Gasteiger partial charge in [0.2, 0.25) is 0 Å². The fraction of sp³-hybridized carbons (Fsp3) is 0.385. The third kappa shape index (κ3) is 3.25. The molecule has 0 heterocycles. The van der Waals surface area contributed by atoms with Gasteiger partial charge in [-0.05, 0) is 42.2 Å². The lowest BCUT2D eigenvalue weighted by atomic mass is 10.1.